The zero-order valence-corrected chi connectivity index (χ0v) is 17.0. The van der Waals surface area contributed by atoms with Gasteiger partial charge in [0.25, 0.3) is 0 Å². The Labute approximate surface area is 165 Å². The molecule has 142 valence electrons. The molecule has 0 bridgehead atoms. The van der Waals surface area contributed by atoms with E-state index < -0.39 is 5.54 Å². The van der Waals surface area contributed by atoms with Crippen molar-refractivity contribution in [2.45, 2.75) is 57.1 Å². The minimum atomic E-state index is -0.855. The summed E-state index contributed by atoms with van der Waals surface area (Å²) in [6.07, 6.45) is 4.35. The first-order valence-corrected chi connectivity index (χ1v) is 10.4. The Morgan fingerprint density at radius 2 is 2.04 bits per heavy atom. The predicted octanol–water partition coefficient (Wildman–Crippen LogP) is 3.90. The highest BCUT2D eigenvalue weighted by Gasteiger charge is 2.30. The summed E-state index contributed by atoms with van der Waals surface area (Å²) in [5.41, 5.74) is 2.64. The summed E-state index contributed by atoms with van der Waals surface area (Å²) < 4.78 is 2.19. The summed E-state index contributed by atoms with van der Waals surface area (Å²) in [5.74, 6) is 0.139. The normalized spacial score (nSPS) is 15.7. The molecule has 1 aliphatic carbocycles. The van der Waals surface area contributed by atoms with Crippen LogP contribution in [0.5, 0.6) is 0 Å². The summed E-state index contributed by atoms with van der Waals surface area (Å²) in [6, 6.07) is 12.4. The van der Waals surface area contributed by atoms with E-state index >= 15 is 0 Å². The molecule has 0 fully saturated rings. The van der Waals surface area contributed by atoms with Gasteiger partial charge < -0.3 is 5.32 Å². The number of aromatic nitrogens is 2. The number of imidazole rings is 1. The summed E-state index contributed by atoms with van der Waals surface area (Å²) in [5, 5.41) is 13.1. The molecule has 5 nitrogen and oxygen atoms in total. The standard InChI is InChI=1S/C21H26N4OS/c1-15(2)21(3,14-22)24-19(26)13-27-20-23-17-11-7-8-12-18(17)25(20)16-9-5-4-6-10-16/h4-6,9-10,15H,7-8,11-13H2,1-3H3,(H,24,26)/t21-/m0/s1. The van der Waals surface area contributed by atoms with Crippen LogP contribution in [-0.4, -0.2) is 26.8 Å². The number of aryl methyl sites for hydroxylation is 1. The average molecular weight is 383 g/mol. The number of carbonyl (C=O) groups excluding carboxylic acids is 1. The number of nitrogens with zero attached hydrogens (tertiary/aromatic N) is 3. The van der Waals surface area contributed by atoms with Gasteiger partial charge in [0.1, 0.15) is 5.54 Å². The summed E-state index contributed by atoms with van der Waals surface area (Å²) in [6.45, 7) is 5.64. The highest BCUT2D eigenvalue weighted by atomic mass is 32.2. The molecule has 27 heavy (non-hydrogen) atoms. The quantitative estimate of drug-likeness (QED) is 0.769. The lowest BCUT2D eigenvalue weighted by Gasteiger charge is -2.27. The van der Waals surface area contributed by atoms with E-state index in [0.29, 0.717) is 0 Å². The zero-order valence-electron chi connectivity index (χ0n) is 16.2. The van der Waals surface area contributed by atoms with Crippen LogP contribution in [0.4, 0.5) is 0 Å². The fourth-order valence-electron chi connectivity index (χ4n) is 3.21. The number of amides is 1. The largest absolute Gasteiger partial charge is 0.337 e. The maximum atomic E-state index is 12.5. The van der Waals surface area contributed by atoms with Crippen molar-refractivity contribution in [2.75, 3.05) is 5.75 Å². The molecule has 1 atom stereocenters. The number of nitrogens with one attached hydrogen (secondary N) is 1. The number of hydrogen-bond acceptors (Lipinski definition) is 4. The Balaban J connectivity index is 1.80. The Bertz CT molecular complexity index is 853. The van der Waals surface area contributed by atoms with Gasteiger partial charge >= 0.3 is 0 Å². The van der Waals surface area contributed by atoms with Gasteiger partial charge in [0.05, 0.1) is 17.5 Å². The second kappa shape index (κ2) is 8.18. The van der Waals surface area contributed by atoms with Crippen molar-refractivity contribution in [3.05, 3.63) is 41.7 Å². The number of carbonyl (C=O) groups is 1. The molecule has 1 heterocycles. The molecular weight excluding hydrogens is 356 g/mol. The first kappa shape index (κ1) is 19.5. The SMILES string of the molecule is CC(C)[C@](C)(C#N)NC(=O)CSc1nc2c(n1-c1ccccc1)CCCC2. The molecule has 0 radical (unpaired) electrons. The third-order valence-corrected chi connectivity index (χ3v) is 6.17. The van der Waals surface area contributed by atoms with E-state index in [1.807, 2.05) is 32.0 Å². The van der Waals surface area contributed by atoms with Crippen LogP contribution < -0.4 is 5.32 Å². The number of benzene rings is 1. The molecule has 0 saturated carbocycles. The smallest absolute Gasteiger partial charge is 0.231 e. The third kappa shape index (κ3) is 4.19. The maximum Gasteiger partial charge on any atom is 0.231 e. The van der Waals surface area contributed by atoms with Crippen molar-refractivity contribution in [2.24, 2.45) is 5.92 Å². The number of para-hydroxylation sites is 1. The van der Waals surface area contributed by atoms with Crippen molar-refractivity contribution in [3.63, 3.8) is 0 Å². The van der Waals surface area contributed by atoms with Crippen molar-refractivity contribution < 1.29 is 4.79 Å². The lowest BCUT2D eigenvalue weighted by atomic mass is 9.90. The summed E-state index contributed by atoms with van der Waals surface area (Å²) >= 11 is 1.44. The van der Waals surface area contributed by atoms with Gasteiger partial charge in [-0.1, -0.05) is 43.8 Å². The lowest BCUT2D eigenvalue weighted by Crippen LogP contribution is -2.49. The molecule has 1 N–H and O–H groups in total. The van der Waals surface area contributed by atoms with Crippen LogP contribution in [0.2, 0.25) is 0 Å². The van der Waals surface area contributed by atoms with Gasteiger partial charge in [-0.15, -0.1) is 0 Å². The molecular formula is C21H26N4OS. The number of rotatable bonds is 6. The van der Waals surface area contributed by atoms with Gasteiger partial charge in [0.2, 0.25) is 5.91 Å². The van der Waals surface area contributed by atoms with E-state index in [2.05, 4.69) is 28.1 Å². The van der Waals surface area contributed by atoms with E-state index in [4.69, 9.17) is 4.98 Å². The minimum Gasteiger partial charge on any atom is -0.337 e. The van der Waals surface area contributed by atoms with Gasteiger partial charge in [0.15, 0.2) is 5.16 Å². The van der Waals surface area contributed by atoms with Crippen molar-refractivity contribution >= 4 is 17.7 Å². The van der Waals surface area contributed by atoms with Crippen LogP contribution in [0.1, 0.15) is 45.0 Å². The predicted molar refractivity (Wildman–Crippen MR) is 108 cm³/mol. The third-order valence-electron chi connectivity index (χ3n) is 5.23. The van der Waals surface area contributed by atoms with Crippen LogP contribution in [0.15, 0.2) is 35.5 Å². The molecule has 0 spiro atoms. The monoisotopic (exact) mass is 382 g/mol. The molecule has 1 aromatic carbocycles. The fraction of sp³-hybridized carbons (Fsp3) is 0.476. The van der Waals surface area contributed by atoms with Crippen LogP contribution >= 0.6 is 11.8 Å². The second-order valence-electron chi connectivity index (χ2n) is 7.47. The number of nitriles is 1. The van der Waals surface area contributed by atoms with E-state index in [-0.39, 0.29) is 17.6 Å². The summed E-state index contributed by atoms with van der Waals surface area (Å²) in [4.78, 5) is 17.3. The van der Waals surface area contributed by atoms with Gasteiger partial charge in [-0.25, -0.2) is 4.98 Å². The van der Waals surface area contributed by atoms with Gasteiger partial charge in [-0.05, 0) is 50.7 Å². The average Bonchev–Trinajstić information content (AvgIpc) is 3.05. The molecule has 0 aliphatic heterocycles. The maximum absolute atomic E-state index is 12.5. The highest BCUT2D eigenvalue weighted by Crippen LogP contribution is 2.30. The minimum absolute atomic E-state index is 0.0371. The molecule has 2 aromatic rings. The lowest BCUT2D eigenvalue weighted by molar-refractivity contribution is -0.120. The Kier molecular flexibility index (Phi) is 5.91. The molecule has 1 amide bonds. The van der Waals surface area contributed by atoms with Crippen LogP contribution in [0, 0.1) is 17.2 Å². The van der Waals surface area contributed by atoms with Crippen molar-refractivity contribution in [1.82, 2.24) is 14.9 Å². The van der Waals surface area contributed by atoms with E-state index in [0.717, 1.165) is 35.8 Å². The number of thioether (sulfide) groups is 1. The fourth-order valence-corrected chi connectivity index (χ4v) is 4.06. The van der Waals surface area contributed by atoms with Crippen LogP contribution in [-0.2, 0) is 17.6 Å². The molecule has 3 rings (SSSR count). The Morgan fingerprint density at radius 3 is 2.70 bits per heavy atom. The van der Waals surface area contributed by atoms with Crippen LogP contribution in [0.3, 0.4) is 0 Å². The highest BCUT2D eigenvalue weighted by molar-refractivity contribution is 7.99. The Hall–Kier alpha value is -2.26. The summed E-state index contributed by atoms with van der Waals surface area (Å²) in [7, 11) is 0. The van der Waals surface area contributed by atoms with Crippen molar-refractivity contribution in [1.29, 1.82) is 5.26 Å². The first-order valence-electron chi connectivity index (χ1n) is 9.45. The van der Waals surface area contributed by atoms with Gasteiger partial charge in [-0.3, -0.25) is 9.36 Å². The Morgan fingerprint density at radius 1 is 1.33 bits per heavy atom. The number of fused-ring (bicyclic) bond motifs is 1. The zero-order chi connectivity index (χ0) is 19.4. The van der Waals surface area contributed by atoms with Crippen molar-refractivity contribution in [3.8, 4) is 11.8 Å². The molecule has 6 heteroatoms. The van der Waals surface area contributed by atoms with Gasteiger partial charge in [-0.2, -0.15) is 5.26 Å². The van der Waals surface area contributed by atoms with E-state index in [1.165, 1.54) is 23.9 Å². The molecule has 1 aliphatic rings. The molecule has 0 saturated heterocycles. The topological polar surface area (TPSA) is 70.7 Å². The van der Waals surface area contributed by atoms with Crippen LogP contribution in [0.25, 0.3) is 5.69 Å². The van der Waals surface area contributed by atoms with Gasteiger partial charge in [0, 0.05) is 11.4 Å². The van der Waals surface area contributed by atoms with E-state index in [1.54, 1.807) is 6.92 Å². The first-order chi connectivity index (χ1) is 12.9. The van der Waals surface area contributed by atoms with E-state index in [9.17, 15) is 10.1 Å². The molecule has 1 aromatic heterocycles. The number of hydrogen-bond donors (Lipinski definition) is 1. The second-order valence-corrected chi connectivity index (χ2v) is 8.41. The molecule has 0 unspecified atom stereocenters.